The molecule has 2 N–H and O–H groups in total. The zero-order valence-corrected chi connectivity index (χ0v) is 15.4. The Balaban J connectivity index is 1.36. The van der Waals surface area contributed by atoms with Crippen LogP contribution < -0.4 is 24.8 Å². The number of fused-ring (bicyclic) bond motifs is 2. The minimum Gasteiger partial charge on any atom is -0.486 e. The van der Waals surface area contributed by atoms with E-state index in [0.717, 1.165) is 10.6 Å². The fourth-order valence-corrected chi connectivity index (χ4v) is 3.47. The van der Waals surface area contributed by atoms with Crippen molar-refractivity contribution in [2.24, 2.45) is 0 Å². The first-order valence-corrected chi connectivity index (χ1v) is 9.51. The number of thioether (sulfide) groups is 1. The van der Waals surface area contributed by atoms with Gasteiger partial charge in [0, 0.05) is 10.6 Å². The Bertz CT molecular complexity index is 902. The molecule has 0 bridgehead atoms. The van der Waals surface area contributed by atoms with Crippen molar-refractivity contribution in [2.45, 2.75) is 17.9 Å². The van der Waals surface area contributed by atoms with Crippen LogP contribution in [0.1, 0.15) is 6.92 Å². The third-order valence-electron chi connectivity index (χ3n) is 4.08. The Kier molecular flexibility index (Phi) is 4.81. The lowest BCUT2D eigenvalue weighted by Crippen LogP contribution is -2.34. The van der Waals surface area contributed by atoms with Gasteiger partial charge in [0.15, 0.2) is 17.6 Å². The van der Waals surface area contributed by atoms with Crippen molar-refractivity contribution >= 4 is 35.0 Å². The van der Waals surface area contributed by atoms with Gasteiger partial charge in [0.25, 0.3) is 5.91 Å². The summed E-state index contributed by atoms with van der Waals surface area (Å²) < 4.78 is 16.5. The second-order valence-electron chi connectivity index (χ2n) is 6.10. The van der Waals surface area contributed by atoms with Crippen molar-refractivity contribution in [3.8, 4) is 17.2 Å². The van der Waals surface area contributed by atoms with E-state index in [0.29, 0.717) is 36.1 Å². The molecule has 2 aromatic rings. The van der Waals surface area contributed by atoms with Gasteiger partial charge in [0.05, 0.1) is 11.4 Å². The first kappa shape index (κ1) is 17.5. The highest BCUT2D eigenvalue weighted by molar-refractivity contribution is 8.00. The first-order valence-electron chi connectivity index (χ1n) is 8.52. The third kappa shape index (κ3) is 3.95. The summed E-state index contributed by atoms with van der Waals surface area (Å²) in [4.78, 5) is 24.9. The molecule has 0 unspecified atom stereocenters. The predicted molar refractivity (Wildman–Crippen MR) is 102 cm³/mol. The fraction of sp³-hybridized carbons (Fsp3) is 0.263. The van der Waals surface area contributed by atoms with Gasteiger partial charge in [-0.05, 0) is 43.3 Å². The lowest BCUT2D eigenvalue weighted by Gasteiger charge is -2.23. The van der Waals surface area contributed by atoms with E-state index < -0.39 is 6.10 Å². The molecule has 2 aromatic carbocycles. The van der Waals surface area contributed by atoms with Crippen LogP contribution in [0, 0.1) is 0 Å². The molecule has 8 heteroatoms. The standard InChI is InChI=1S/C19H18N2O5S/c1-11-19(23)21-14-8-12(2-4-15(14)26-11)20-18(22)10-27-13-3-5-16-17(9-13)25-7-6-24-16/h2-5,8-9,11H,6-7,10H2,1H3,(H,20,22)(H,21,23)/t11-/m1/s1. The number of anilines is 2. The molecule has 0 radical (unpaired) electrons. The van der Waals surface area contributed by atoms with Gasteiger partial charge in [-0.1, -0.05) is 0 Å². The van der Waals surface area contributed by atoms with Gasteiger partial charge in [-0.25, -0.2) is 0 Å². The van der Waals surface area contributed by atoms with Crippen LogP contribution in [0.2, 0.25) is 0 Å². The lowest BCUT2D eigenvalue weighted by atomic mass is 10.2. The van der Waals surface area contributed by atoms with Crippen LogP contribution in [0.25, 0.3) is 0 Å². The summed E-state index contributed by atoms with van der Waals surface area (Å²) >= 11 is 1.41. The second-order valence-corrected chi connectivity index (χ2v) is 7.15. The number of amides is 2. The minimum absolute atomic E-state index is 0.147. The number of hydrogen-bond donors (Lipinski definition) is 2. The predicted octanol–water partition coefficient (Wildman–Crippen LogP) is 2.91. The van der Waals surface area contributed by atoms with Crippen LogP contribution in [0.15, 0.2) is 41.3 Å². The average molecular weight is 386 g/mol. The molecule has 2 aliphatic heterocycles. The smallest absolute Gasteiger partial charge is 0.265 e. The molecule has 0 saturated carbocycles. The normalized spacial score (nSPS) is 17.4. The highest BCUT2D eigenvalue weighted by Crippen LogP contribution is 2.35. The summed E-state index contributed by atoms with van der Waals surface area (Å²) in [6, 6.07) is 10.8. The van der Waals surface area contributed by atoms with Crippen molar-refractivity contribution in [1.82, 2.24) is 0 Å². The quantitative estimate of drug-likeness (QED) is 0.786. The summed E-state index contributed by atoms with van der Waals surface area (Å²) in [6.07, 6.45) is -0.527. The monoisotopic (exact) mass is 386 g/mol. The van der Waals surface area contributed by atoms with Crippen LogP contribution in [-0.4, -0.2) is 36.9 Å². The van der Waals surface area contributed by atoms with Gasteiger partial charge in [-0.2, -0.15) is 0 Å². The van der Waals surface area contributed by atoms with E-state index in [2.05, 4.69) is 10.6 Å². The van der Waals surface area contributed by atoms with Crippen LogP contribution in [0.4, 0.5) is 11.4 Å². The fourth-order valence-electron chi connectivity index (χ4n) is 2.75. The van der Waals surface area contributed by atoms with Crippen molar-refractivity contribution in [3.63, 3.8) is 0 Å². The van der Waals surface area contributed by atoms with Crippen LogP contribution >= 0.6 is 11.8 Å². The van der Waals surface area contributed by atoms with E-state index >= 15 is 0 Å². The van der Waals surface area contributed by atoms with Crippen molar-refractivity contribution < 1.29 is 23.8 Å². The van der Waals surface area contributed by atoms with Crippen LogP contribution in [0.5, 0.6) is 17.2 Å². The second kappa shape index (κ2) is 7.40. The van der Waals surface area contributed by atoms with Gasteiger partial charge in [0.2, 0.25) is 5.91 Å². The van der Waals surface area contributed by atoms with Crippen molar-refractivity contribution in [1.29, 1.82) is 0 Å². The van der Waals surface area contributed by atoms with Crippen LogP contribution in [-0.2, 0) is 9.59 Å². The van der Waals surface area contributed by atoms with E-state index in [4.69, 9.17) is 14.2 Å². The molecule has 140 valence electrons. The Morgan fingerprint density at radius 3 is 2.78 bits per heavy atom. The van der Waals surface area contributed by atoms with E-state index in [1.54, 1.807) is 25.1 Å². The Morgan fingerprint density at radius 1 is 1.15 bits per heavy atom. The van der Waals surface area contributed by atoms with Gasteiger partial charge < -0.3 is 24.8 Å². The zero-order chi connectivity index (χ0) is 18.8. The number of ether oxygens (including phenoxy) is 3. The first-order chi connectivity index (χ1) is 13.1. The number of benzene rings is 2. The molecule has 0 aromatic heterocycles. The SMILES string of the molecule is C[C@H]1Oc2ccc(NC(=O)CSc3ccc4c(c3)OCCO4)cc2NC1=O. The molecule has 2 amide bonds. The molecule has 0 saturated heterocycles. The van der Waals surface area contributed by atoms with Gasteiger partial charge >= 0.3 is 0 Å². The average Bonchev–Trinajstić information content (AvgIpc) is 2.67. The largest absolute Gasteiger partial charge is 0.486 e. The van der Waals surface area contributed by atoms with E-state index in [9.17, 15) is 9.59 Å². The number of carbonyl (C=O) groups excluding carboxylic acids is 2. The molecule has 0 spiro atoms. The molecule has 0 fully saturated rings. The lowest BCUT2D eigenvalue weighted by molar-refractivity contribution is -0.122. The molecule has 7 nitrogen and oxygen atoms in total. The molecule has 0 aliphatic carbocycles. The molecule has 2 aliphatic rings. The summed E-state index contributed by atoms with van der Waals surface area (Å²) in [5, 5.41) is 5.59. The highest BCUT2D eigenvalue weighted by Gasteiger charge is 2.23. The Morgan fingerprint density at radius 2 is 1.93 bits per heavy atom. The highest BCUT2D eigenvalue weighted by atomic mass is 32.2. The van der Waals surface area contributed by atoms with Crippen LogP contribution in [0.3, 0.4) is 0 Å². The maximum atomic E-state index is 12.3. The van der Waals surface area contributed by atoms with Gasteiger partial charge in [0.1, 0.15) is 19.0 Å². The van der Waals surface area contributed by atoms with E-state index in [1.165, 1.54) is 11.8 Å². The molecule has 4 rings (SSSR count). The number of nitrogens with one attached hydrogen (secondary N) is 2. The third-order valence-corrected chi connectivity index (χ3v) is 5.07. The molecule has 1 atom stereocenters. The maximum absolute atomic E-state index is 12.3. The zero-order valence-electron chi connectivity index (χ0n) is 14.6. The molecular weight excluding hydrogens is 368 g/mol. The summed E-state index contributed by atoms with van der Waals surface area (Å²) in [5.41, 5.74) is 1.15. The molecule has 27 heavy (non-hydrogen) atoms. The number of hydrogen-bond acceptors (Lipinski definition) is 6. The summed E-state index contributed by atoms with van der Waals surface area (Å²) in [7, 11) is 0. The Hall–Kier alpha value is -2.87. The number of carbonyl (C=O) groups is 2. The summed E-state index contributed by atoms with van der Waals surface area (Å²) in [6.45, 7) is 2.76. The van der Waals surface area contributed by atoms with E-state index in [1.807, 2.05) is 18.2 Å². The van der Waals surface area contributed by atoms with Crippen molar-refractivity contribution in [2.75, 3.05) is 29.6 Å². The molecular formula is C19H18N2O5S. The maximum Gasteiger partial charge on any atom is 0.265 e. The number of rotatable bonds is 4. The van der Waals surface area contributed by atoms with Gasteiger partial charge in [-0.3, -0.25) is 9.59 Å². The topological polar surface area (TPSA) is 85.9 Å². The summed E-state index contributed by atoms with van der Waals surface area (Å²) in [5.74, 6) is 1.91. The van der Waals surface area contributed by atoms with Crippen molar-refractivity contribution in [3.05, 3.63) is 36.4 Å². The van der Waals surface area contributed by atoms with Gasteiger partial charge in [-0.15, -0.1) is 11.8 Å². The minimum atomic E-state index is -0.527. The Labute approximate surface area is 160 Å². The van der Waals surface area contributed by atoms with E-state index in [-0.39, 0.29) is 17.6 Å². The molecule has 2 heterocycles.